The van der Waals surface area contributed by atoms with E-state index in [4.69, 9.17) is 4.74 Å². The maximum atomic E-state index is 13.5. The molecule has 2 aromatic heterocycles. The monoisotopic (exact) mass is 370 g/mol. The third kappa shape index (κ3) is 4.14. The van der Waals surface area contributed by atoms with Gasteiger partial charge in [-0.1, -0.05) is 12.1 Å². The van der Waals surface area contributed by atoms with E-state index in [-0.39, 0.29) is 11.7 Å². The molecule has 0 aliphatic rings. The van der Waals surface area contributed by atoms with Crippen LogP contribution in [0.25, 0.3) is 5.65 Å². The first-order chi connectivity index (χ1) is 13.0. The largest absolute Gasteiger partial charge is 0.385 e. The van der Waals surface area contributed by atoms with Crippen LogP contribution in [0.15, 0.2) is 30.5 Å². The third-order valence-corrected chi connectivity index (χ3v) is 4.53. The summed E-state index contributed by atoms with van der Waals surface area (Å²) >= 11 is 0. The molecule has 1 N–H and O–H groups in total. The number of methoxy groups -OCH3 is 1. The molecule has 0 saturated carbocycles. The van der Waals surface area contributed by atoms with Gasteiger partial charge < -0.3 is 10.1 Å². The molecule has 0 aliphatic heterocycles. The molecule has 0 spiro atoms. The zero-order valence-electron chi connectivity index (χ0n) is 15.8. The highest BCUT2D eigenvalue weighted by atomic mass is 19.1. The number of aromatic nitrogens is 3. The summed E-state index contributed by atoms with van der Waals surface area (Å²) < 4.78 is 20.1. The fraction of sp³-hybridized carbons (Fsp3) is 0.350. The van der Waals surface area contributed by atoms with Gasteiger partial charge in [-0.05, 0) is 43.5 Å². The van der Waals surface area contributed by atoms with E-state index in [0.717, 1.165) is 28.9 Å². The first-order valence-corrected chi connectivity index (χ1v) is 8.86. The van der Waals surface area contributed by atoms with Crippen molar-refractivity contribution in [2.24, 2.45) is 0 Å². The van der Waals surface area contributed by atoms with Gasteiger partial charge in [0, 0.05) is 38.1 Å². The Hall–Kier alpha value is -2.80. The lowest BCUT2D eigenvalue weighted by atomic mass is 10.0. The molecule has 6 nitrogen and oxygen atoms in total. The molecule has 0 saturated heterocycles. The summed E-state index contributed by atoms with van der Waals surface area (Å²) in [6.07, 6.45) is 2.83. The van der Waals surface area contributed by atoms with Crippen LogP contribution in [-0.4, -0.2) is 40.8 Å². The first kappa shape index (κ1) is 19.0. The molecule has 142 valence electrons. The van der Waals surface area contributed by atoms with Crippen molar-refractivity contribution in [2.75, 3.05) is 20.3 Å². The fourth-order valence-corrected chi connectivity index (χ4v) is 3.09. The first-order valence-electron chi connectivity index (χ1n) is 8.86. The molecule has 27 heavy (non-hydrogen) atoms. The van der Waals surface area contributed by atoms with Gasteiger partial charge in [0.2, 0.25) is 0 Å². The number of nitrogens with zero attached hydrogens (tertiary/aromatic N) is 3. The Bertz CT molecular complexity index is 968. The number of amides is 1. The number of benzene rings is 1. The SMILES string of the molecule is COCCCNC(=O)c1cnn2c(C)c(Cc3cccc(F)c3)c(C)nc12. The summed E-state index contributed by atoms with van der Waals surface area (Å²) in [5.74, 6) is -0.464. The van der Waals surface area contributed by atoms with Gasteiger partial charge in [0.05, 0.1) is 6.20 Å². The molecule has 1 amide bonds. The van der Waals surface area contributed by atoms with Gasteiger partial charge >= 0.3 is 0 Å². The van der Waals surface area contributed by atoms with E-state index in [2.05, 4.69) is 15.4 Å². The van der Waals surface area contributed by atoms with Crippen molar-refractivity contribution in [3.8, 4) is 0 Å². The van der Waals surface area contributed by atoms with Gasteiger partial charge in [-0.25, -0.2) is 13.9 Å². The highest BCUT2D eigenvalue weighted by molar-refractivity contribution is 5.99. The molecule has 1 aromatic carbocycles. The molecule has 0 fully saturated rings. The van der Waals surface area contributed by atoms with E-state index >= 15 is 0 Å². The van der Waals surface area contributed by atoms with Gasteiger partial charge in [-0.2, -0.15) is 5.10 Å². The van der Waals surface area contributed by atoms with Crippen LogP contribution in [0.1, 0.15) is 39.3 Å². The van der Waals surface area contributed by atoms with Gasteiger partial charge in [0.25, 0.3) is 5.91 Å². The highest BCUT2D eigenvalue weighted by Crippen LogP contribution is 2.20. The smallest absolute Gasteiger partial charge is 0.256 e. The second kappa shape index (κ2) is 8.26. The van der Waals surface area contributed by atoms with Crippen molar-refractivity contribution in [1.82, 2.24) is 19.9 Å². The standard InChI is InChI=1S/C20H23FN4O2/c1-13-17(11-15-6-4-7-16(21)10-15)14(2)25-19(24-13)18(12-23-25)20(26)22-8-5-9-27-3/h4,6-7,10,12H,5,8-9,11H2,1-3H3,(H,22,26). The van der Waals surface area contributed by atoms with E-state index in [1.54, 1.807) is 17.7 Å². The number of aryl methyl sites for hydroxylation is 2. The molecule has 0 atom stereocenters. The highest BCUT2D eigenvalue weighted by Gasteiger charge is 2.18. The van der Waals surface area contributed by atoms with Crippen molar-refractivity contribution in [2.45, 2.75) is 26.7 Å². The third-order valence-electron chi connectivity index (χ3n) is 4.53. The Morgan fingerprint density at radius 2 is 2.15 bits per heavy atom. The Morgan fingerprint density at radius 1 is 1.33 bits per heavy atom. The molecule has 0 aliphatic carbocycles. The minimum atomic E-state index is -0.261. The minimum Gasteiger partial charge on any atom is -0.385 e. The number of fused-ring (bicyclic) bond motifs is 1. The van der Waals surface area contributed by atoms with Crippen LogP contribution in [-0.2, 0) is 11.2 Å². The lowest BCUT2D eigenvalue weighted by Gasteiger charge is -2.12. The summed E-state index contributed by atoms with van der Waals surface area (Å²) in [4.78, 5) is 17.0. The van der Waals surface area contributed by atoms with Gasteiger partial charge in [0.1, 0.15) is 11.4 Å². The van der Waals surface area contributed by atoms with Crippen LogP contribution in [0.5, 0.6) is 0 Å². The summed E-state index contributed by atoms with van der Waals surface area (Å²) in [6, 6.07) is 6.52. The zero-order chi connectivity index (χ0) is 19.4. The van der Waals surface area contributed by atoms with E-state index in [1.165, 1.54) is 18.3 Å². The Balaban J connectivity index is 1.88. The summed E-state index contributed by atoms with van der Waals surface area (Å²) in [7, 11) is 1.63. The van der Waals surface area contributed by atoms with Crippen LogP contribution < -0.4 is 5.32 Å². The van der Waals surface area contributed by atoms with Crippen LogP contribution in [0.3, 0.4) is 0 Å². The Kier molecular flexibility index (Phi) is 5.81. The Labute approximate surface area is 157 Å². The number of halogens is 1. The van der Waals surface area contributed by atoms with Crippen molar-refractivity contribution < 1.29 is 13.9 Å². The molecular formula is C20H23FN4O2. The van der Waals surface area contributed by atoms with Crippen molar-refractivity contribution in [3.63, 3.8) is 0 Å². The number of carbonyl (C=O) groups excluding carboxylic acids is 1. The number of hydrogen-bond donors (Lipinski definition) is 1. The van der Waals surface area contributed by atoms with Gasteiger partial charge in [0.15, 0.2) is 5.65 Å². The van der Waals surface area contributed by atoms with E-state index in [0.29, 0.717) is 30.8 Å². The van der Waals surface area contributed by atoms with E-state index in [1.807, 2.05) is 19.9 Å². The quantitative estimate of drug-likeness (QED) is 0.650. The summed E-state index contributed by atoms with van der Waals surface area (Å²) in [5, 5.41) is 7.20. The predicted octanol–water partition coefficient (Wildman–Crippen LogP) is 2.84. The normalized spacial score (nSPS) is 11.1. The fourth-order valence-electron chi connectivity index (χ4n) is 3.09. The van der Waals surface area contributed by atoms with Crippen LogP contribution in [0, 0.1) is 19.7 Å². The summed E-state index contributed by atoms with van der Waals surface area (Å²) in [6.45, 7) is 4.95. The lowest BCUT2D eigenvalue weighted by Crippen LogP contribution is -2.25. The average molecular weight is 370 g/mol. The molecule has 0 bridgehead atoms. The second-order valence-electron chi connectivity index (χ2n) is 6.46. The van der Waals surface area contributed by atoms with Crippen molar-refractivity contribution >= 4 is 11.6 Å². The number of carbonyl (C=O) groups is 1. The van der Waals surface area contributed by atoms with Crippen LogP contribution >= 0.6 is 0 Å². The maximum absolute atomic E-state index is 13.5. The predicted molar refractivity (Wildman–Crippen MR) is 100 cm³/mol. The van der Waals surface area contributed by atoms with E-state index < -0.39 is 0 Å². The molecule has 3 rings (SSSR count). The minimum absolute atomic E-state index is 0.203. The number of rotatable bonds is 7. The topological polar surface area (TPSA) is 68.5 Å². The molecule has 3 aromatic rings. The Morgan fingerprint density at radius 3 is 2.89 bits per heavy atom. The molecular weight excluding hydrogens is 347 g/mol. The molecule has 2 heterocycles. The number of hydrogen-bond acceptors (Lipinski definition) is 4. The van der Waals surface area contributed by atoms with Crippen LogP contribution in [0.4, 0.5) is 4.39 Å². The van der Waals surface area contributed by atoms with Crippen molar-refractivity contribution in [3.05, 3.63) is 64.4 Å². The lowest BCUT2D eigenvalue weighted by molar-refractivity contribution is 0.0950. The maximum Gasteiger partial charge on any atom is 0.256 e. The number of ether oxygens (including phenoxy) is 1. The summed E-state index contributed by atoms with van der Waals surface area (Å²) in [5.41, 5.74) is 4.50. The molecule has 0 unspecified atom stereocenters. The van der Waals surface area contributed by atoms with E-state index in [9.17, 15) is 9.18 Å². The second-order valence-corrected chi connectivity index (χ2v) is 6.46. The zero-order valence-corrected chi connectivity index (χ0v) is 15.8. The van der Waals surface area contributed by atoms with Crippen molar-refractivity contribution in [1.29, 1.82) is 0 Å². The van der Waals surface area contributed by atoms with Crippen LogP contribution in [0.2, 0.25) is 0 Å². The average Bonchev–Trinajstić information content (AvgIpc) is 3.06. The van der Waals surface area contributed by atoms with Gasteiger partial charge in [-0.15, -0.1) is 0 Å². The number of nitrogens with one attached hydrogen (secondary N) is 1. The molecule has 0 radical (unpaired) electrons. The molecule has 7 heteroatoms. The van der Waals surface area contributed by atoms with Gasteiger partial charge in [-0.3, -0.25) is 4.79 Å².